The van der Waals surface area contributed by atoms with Crippen LogP contribution in [-0.4, -0.2) is 15.0 Å². The topological polar surface area (TPSA) is 55.4 Å². The van der Waals surface area contributed by atoms with Gasteiger partial charge in [0.05, 0.1) is 17.3 Å². The highest BCUT2D eigenvalue weighted by atomic mass is 35.5. The molecule has 0 amide bonds. The second-order valence-corrected chi connectivity index (χ2v) is 7.18. The Kier molecular flexibility index (Phi) is 5.45. The summed E-state index contributed by atoms with van der Waals surface area (Å²) in [5, 5.41) is 0.882. The van der Waals surface area contributed by atoms with Crippen molar-refractivity contribution in [3.05, 3.63) is 51.5 Å². The third-order valence-electron chi connectivity index (χ3n) is 2.67. The summed E-state index contributed by atoms with van der Waals surface area (Å²) in [5.41, 5.74) is 0.216. The summed E-state index contributed by atoms with van der Waals surface area (Å²) in [6.07, 6.45) is 0. The highest BCUT2D eigenvalue weighted by Crippen LogP contribution is 2.32. The number of halogens is 3. The Hall–Kier alpha value is -1.14. The van der Waals surface area contributed by atoms with Gasteiger partial charge in [-0.05, 0) is 43.3 Å². The molecule has 0 aliphatic rings. The van der Waals surface area contributed by atoms with Crippen molar-refractivity contribution in [2.75, 3.05) is 11.3 Å². The second-order valence-electron chi connectivity index (χ2n) is 4.25. The number of benzene rings is 2. The van der Waals surface area contributed by atoms with Crippen LogP contribution in [0, 0.1) is 0 Å². The quantitative estimate of drug-likeness (QED) is 0.807. The smallest absolute Gasteiger partial charge is 0.265 e. The number of hydrogen-bond donors (Lipinski definition) is 1. The highest BCUT2D eigenvalue weighted by Gasteiger charge is 2.21. The fourth-order valence-corrected chi connectivity index (χ4v) is 3.74. The van der Waals surface area contributed by atoms with Crippen LogP contribution in [0.4, 0.5) is 5.69 Å². The van der Waals surface area contributed by atoms with Gasteiger partial charge in [0.1, 0.15) is 10.6 Å². The molecule has 0 saturated heterocycles. The van der Waals surface area contributed by atoms with Crippen molar-refractivity contribution < 1.29 is 13.2 Å². The average Bonchev–Trinajstić information content (AvgIpc) is 2.44. The summed E-state index contributed by atoms with van der Waals surface area (Å²) in [7, 11) is -3.91. The van der Waals surface area contributed by atoms with Gasteiger partial charge in [0.25, 0.3) is 10.0 Å². The molecule has 0 aliphatic heterocycles. The van der Waals surface area contributed by atoms with Crippen LogP contribution in [0.3, 0.4) is 0 Å². The Morgan fingerprint density at radius 1 is 1.05 bits per heavy atom. The van der Waals surface area contributed by atoms with Gasteiger partial charge in [-0.3, -0.25) is 4.72 Å². The molecule has 8 heteroatoms. The van der Waals surface area contributed by atoms with Crippen molar-refractivity contribution in [3.8, 4) is 5.75 Å². The molecule has 2 aromatic carbocycles. The lowest BCUT2D eigenvalue weighted by Gasteiger charge is -2.13. The van der Waals surface area contributed by atoms with Crippen molar-refractivity contribution >= 4 is 50.5 Å². The van der Waals surface area contributed by atoms with Gasteiger partial charge in [-0.25, -0.2) is 8.42 Å². The van der Waals surface area contributed by atoms with Crippen LogP contribution in [0.25, 0.3) is 0 Å². The first kappa shape index (κ1) is 17.2. The van der Waals surface area contributed by atoms with E-state index in [0.717, 1.165) is 0 Å². The highest BCUT2D eigenvalue weighted by molar-refractivity contribution is 7.92. The van der Waals surface area contributed by atoms with E-state index in [0.29, 0.717) is 11.6 Å². The van der Waals surface area contributed by atoms with E-state index < -0.39 is 10.0 Å². The van der Waals surface area contributed by atoms with Crippen LogP contribution in [-0.2, 0) is 10.0 Å². The Labute approximate surface area is 144 Å². The molecule has 0 spiro atoms. The SMILES string of the molecule is CCOc1ccc(Cl)cc1S(=O)(=O)Nc1ccc(Cl)cc1Cl. The molecule has 1 N–H and O–H groups in total. The van der Waals surface area contributed by atoms with Crippen LogP contribution in [0.1, 0.15) is 6.92 Å². The van der Waals surface area contributed by atoms with Gasteiger partial charge >= 0.3 is 0 Å². The predicted molar refractivity (Wildman–Crippen MR) is 89.9 cm³/mol. The minimum atomic E-state index is -3.91. The largest absolute Gasteiger partial charge is 0.492 e. The summed E-state index contributed by atoms with van der Waals surface area (Å²) in [6, 6.07) is 8.84. The standard InChI is InChI=1S/C14H12Cl3NO3S/c1-2-21-13-6-4-10(16)8-14(13)22(19,20)18-12-5-3-9(15)7-11(12)17/h3-8,18H,2H2,1H3. The van der Waals surface area contributed by atoms with E-state index in [9.17, 15) is 8.42 Å². The van der Waals surface area contributed by atoms with Crippen LogP contribution >= 0.6 is 34.8 Å². The van der Waals surface area contributed by atoms with Gasteiger partial charge in [-0.2, -0.15) is 0 Å². The monoisotopic (exact) mass is 379 g/mol. The summed E-state index contributed by atoms with van der Waals surface area (Å²) in [6.45, 7) is 2.08. The third kappa shape index (κ3) is 3.98. The zero-order valence-electron chi connectivity index (χ0n) is 11.4. The zero-order chi connectivity index (χ0) is 16.3. The maximum absolute atomic E-state index is 12.5. The van der Waals surface area contributed by atoms with Gasteiger partial charge in [0.15, 0.2) is 0 Å². The normalized spacial score (nSPS) is 11.3. The number of ether oxygens (including phenoxy) is 1. The molecule has 0 saturated carbocycles. The van der Waals surface area contributed by atoms with E-state index in [4.69, 9.17) is 39.5 Å². The number of anilines is 1. The first-order valence-electron chi connectivity index (χ1n) is 6.23. The molecule has 0 fully saturated rings. The van der Waals surface area contributed by atoms with Crippen molar-refractivity contribution in [1.29, 1.82) is 0 Å². The van der Waals surface area contributed by atoms with Crippen LogP contribution in [0.15, 0.2) is 41.3 Å². The van der Waals surface area contributed by atoms with Gasteiger partial charge in [0, 0.05) is 10.0 Å². The Morgan fingerprint density at radius 2 is 1.68 bits per heavy atom. The van der Waals surface area contributed by atoms with Gasteiger partial charge in [-0.1, -0.05) is 34.8 Å². The molecular formula is C14H12Cl3NO3S. The van der Waals surface area contributed by atoms with E-state index in [1.165, 1.54) is 30.3 Å². The molecule has 0 radical (unpaired) electrons. The minimum Gasteiger partial charge on any atom is -0.492 e. The number of hydrogen-bond acceptors (Lipinski definition) is 3. The lowest BCUT2D eigenvalue weighted by atomic mass is 10.3. The third-order valence-corrected chi connectivity index (χ3v) is 4.84. The van der Waals surface area contributed by atoms with Crippen LogP contribution < -0.4 is 9.46 Å². The van der Waals surface area contributed by atoms with Crippen molar-refractivity contribution in [1.82, 2.24) is 0 Å². The summed E-state index contributed by atoms with van der Waals surface area (Å²) in [4.78, 5) is -0.0622. The average molecular weight is 381 g/mol. The molecule has 2 rings (SSSR count). The van der Waals surface area contributed by atoms with E-state index in [1.807, 2.05) is 0 Å². The molecule has 0 heterocycles. The molecule has 0 aliphatic carbocycles. The summed E-state index contributed by atoms with van der Waals surface area (Å²) < 4.78 is 32.8. The number of sulfonamides is 1. The lowest BCUT2D eigenvalue weighted by Crippen LogP contribution is -2.15. The molecule has 0 aromatic heterocycles. The zero-order valence-corrected chi connectivity index (χ0v) is 14.5. The molecule has 4 nitrogen and oxygen atoms in total. The van der Waals surface area contributed by atoms with E-state index in [1.54, 1.807) is 13.0 Å². The first-order valence-corrected chi connectivity index (χ1v) is 8.85. The first-order chi connectivity index (χ1) is 10.3. The molecule has 22 heavy (non-hydrogen) atoms. The van der Waals surface area contributed by atoms with Crippen LogP contribution in [0.2, 0.25) is 15.1 Å². The summed E-state index contributed by atoms with van der Waals surface area (Å²) >= 11 is 17.7. The molecule has 118 valence electrons. The molecular weight excluding hydrogens is 369 g/mol. The maximum atomic E-state index is 12.5. The van der Waals surface area contributed by atoms with E-state index in [2.05, 4.69) is 4.72 Å². The Balaban J connectivity index is 2.44. The predicted octanol–water partition coefficient (Wildman–Crippen LogP) is 4.85. The summed E-state index contributed by atoms with van der Waals surface area (Å²) in [5.74, 6) is 0.212. The van der Waals surface area contributed by atoms with Gasteiger partial charge < -0.3 is 4.74 Å². The lowest BCUT2D eigenvalue weighted by molar-refractivity contribution is 0.331. The van der Waals surface area contributed by atoms with Gasteiger partial charge in [-0.15, -0.1) is 0 Å². The Morgan fingerprint density at radius 3 is 2.32 bits per heavy atom. The number of rotatable bonds is 5. The van der Waals surface area contributed by atoms with Crippen molar-refractivity contribution in [2.24, 2.45) is 0 Å². The van der Waals surface area contributed by atoms with Crippen molar-refractivity contribution in [3.63, 3.8) is 0 Å². The Bertz CT molecular complexity index is 794. The number of nitrogens with one attached hydrogen (secondary N) is 1. The van der Waals surface area contributed by atoms with E-state index in [-0.39, 0.29) is 26.4 Å². The second kappa shape index (κ2) is 6.96. The van der Waals surface area contributed by atoms with E-state index >= 15 is 0 Å². The minimum absolute atomic E-state index is 0.0622. The maximum Gasteiger partial charge on any atom is 0.265 e. The fraction of sp³-hybridized carbons (Fsp3) is 0.143. The fourth-order valence-electron chi connectivity index (χ4n) is 1.74. The molecule has 0 atom stereocenters. The molecule has 2 aromatic rings. The van der Waals surface area contributed by atoms with Crippen LogP contribution in [0.5, 0.6) is 5.75 Å². The molecule has 0 unspecified atom stereocenters. The van der Waals surface area contributed by atoms with Crippen molar-refractivity contribution in [2.45, 2.75) is 11.8 Å². The molecule has 0 bridgehead atoms. The van der Waals surface area contributed by atoms with Gasteiger partial charge in [0.2, 0.25) is 0 Å².